The number of nitrogens with zero attached hydrogens (tertiary/aromatic N) is 2. The highest BCUT2D eigenvalue weighted by molar-refractivity contribution is 7.99. The lowest BCUT2D eigenvalue weighted by atomic mass is 10.2. The zero-order valence-corrected chi connectivity index (χ0v) is 12.2. The van der Waals surface area contributed by atoms with Crippen molar-refractivity contribution in [3.63, 3.8) is 0 Å². The van der Waals surface area contributed by atoms with E-state index in [0.717, 1.165) is 18.0 Å². The fourth-order valence-corrected chi connectivity index (χ4v) is 2.96. The van der Waals surface area contributed by atoms with E-state index in [0.29, 0.717) is 0 Å². The van der Waals surface area contributed by atoms with Gasteiger partial charge in [0.2, 0.25) is 0 Å². The highest BCUT2D eigenvalue weighted by Crippen LogP contribution is 2.24. The molecule has 1 aromatic heterocycles. The van der Waals surface area contributed by atoms with E-state index in [4.69, 9.17) is 0 Å². The second-order valence-electron chi connectivity index (χ2n) is 4.37. The monoisotopic (exact) mass is 273 g/mol. The van der Waals surface area contributed by atoms with Crippen molar-refractivity contribution in [2.45, 2.75) is 24.8 Å². The van der Waals surface area contributed by atoms with Gasteiger partial charge in [-0.1, -0.05) is 24.6 Å². The summed E-state index contributed by atoms with van der Waals surface area (Å²) in [5.41, 5.74) is 2.30. The second-order valence-corrected chi connectivity index (χ2v) is 5.46. The summed E-state index contributed by atoms with van der Waals surface area (Å²) in [6, 6.07) is 8.82. The average Bonchev–Trinajstić information content (AvgIpc) is 2.44. The van der Waals surface area contributed by atoms with Crippen molar-refractivity contribution in [3.8, 4) is 0 Å². The van der Waals surface area contributed by atoms with Gasteiger partial charge in [-0.3, -0.25) is 9.97 Å². The van der Waals surface area contributed by atoms with E-state index < -0.39 is 0 Å². The van der Waals surface area contributed by atoms with E-state index in [1.807, 2.05) is 18.0 Å². The number of aryl methyl sites for hydroxylation is 1. The lowest BCUT2D eigenvalue weighted by Gasteiger charge is -2.16. The maximum absolute atomic E-state index is 4.39. The lowest BCUT2D eigenvalue weighted by Crippen LogP contribution is -2.24. The summed E-state index contributed by atoms with van der Waals surface area (Å²) in [4.78, 5) is 9.83. The molecule has 1 aromatic carbocycles. The van der Waals surface area contributed by atoms with Crippen LogP contribution in [0.3, 0.4) is 0 Å². The zero-order chi connectivity index (χ0) is 13.5. The van der Waals surface area contributed by atoms with Gasteiger partial charge in [-0.05, 0) is 25.6 Å². The molecule has 1 atom stereocenters. The number of hydrogen-bond acceptors (Lipinski definition) is 4. The molecule has 0 saturated heterocycles. The fraction of sp³-hybridized carbons (Fsp3) is 0.333. The van der Waals surface area contributed by atoms with Crippen molar-refractivity contribution in [2.75, 3.05) is 12.3 Å². The predicted octanol–water partition coefficient (Wildman–Crippen LogP) is 3.23. The van der Waals surface area contributed by atoms with Gasteiger partial charge < -0.3 is 5.32 Å². The minimum atomic E-state index is 0.240. The first-order valence-corrected chi connectivity index (χ1v) is 7.47. The molecule has 0 bridgehead atoms. The van der Waals surface area contributed by atoms with Crippen LogP contribution in [-0.4, -0.2) is 22.3 Å². The molecule has 0 aliphatic rings. The Balaban J connectivity index is 2.01. The molecule has 3 nitrogen and oxygen atoms in total. The summed E-state index contributed by atoms with van der Waals surface area (Å²) in [7, 11) is 0. The Kier molecular flexibility index (Phi) is 5.36. The van der Waals surface area contributed by atoms with Crippen molar-refractivity contribution >= 4 is 11.8 Å². The molecule has 0 amide bonds. The summed E-state index contributed by atoms with van der Waals surface area (Å²) in [6.45, 7) is 5.16. The number of benzene rings is 1. The Morgan fingerprint density at radius 1 is 1.32 bits per heavy atom. The number of aromatic nitrogens is 2. The van der Waals surface area contributed by atoms with E-state index in [1.54, 1.807) is 12.4 Å². The SMILES string of the molecule is CCNC(CSc1cccc(C)c1)c1cnccn1. The van der Waals surface area contributed by atoms with Gasteiger partial charge in [0.25, 0.3) is 0 Å². The van der Waals surface area contributed by atoms with E-state index in [2.05, 4.69) is 53.4 Å². The Morgan fingerprint density at radius 3 is 2.89 bits per heavy atom. The third-order valence-corrected chi connectivity index (χ3v) is 3.88. The molecule has 1 unspecified atom stereocenters. The number of hydrogen-bond donors (Lipinski definition) is 1. The van der Waals surface area contributed by atoms with Crippen LogP contribution in [0.4, 0.5) is 0 Å². The van der Waals surface area contributed by atoms with Gasteiger partial charge in [0.1, 0.15) is 0 Å². The molecule has 2 rings (SSSR count). The third kappa shape index (κ3) is 4.33. The van der Waals surface area contributed by atoms with Crippen molar-refractivity contribution in [1.29, 1.82) is 0 Å². The molecule has 4 heteroatoms. The highest BCUT2D eigenvalue weighted by atomic mass is 32.2. The Bertz CT molecular complexity index is 502. The van der Waals surface area contributed by atoms with E-state index >= 15 is 0 Å². The van der Waals surface area contributed by atoms with Gasteiger partial charge in [-0.2, -0.15) is 0 Å². The predicted molar refractivity (Wildman–Crippen MR) is 80.4 cm³/mol. The van der Waals surface area contributed by atoms with Gasteiger partial charge in [-0.15, -0.1) is 11.8 Å². The molecular formula is C15H19N3S. The van der Waals surface area contributed by atoms with Gasteiger partial charge >= 0.3 is 0 Å². The minimum absolute atomic E-state index is 0.240. The number of thioether (sulfide) groups is 1. The van der Waals surface area contributed by atoms with E-state index in [9.17, 15) is 0 Å². The quantitative estimate of drug-likeness (QED) is 0.820. The summed E-state index contributed by atoms with van der Waals surface area (Å²) in [5, 5.41) is 3.46. The van der Waals surface area contributed by atoms with Crippen LogP contribution in [-0.2, 0) is 0 Å². The summed E-state index contributed by atoms with van der Waals surface area (Å²) < 4.78 is 0. The minimum Gasteiger partial charge on any atom is -0.308 e. The highest BCUT2D eigenvalue weighted by Gasteiger charge is 2.12. The number of rotatable bonds is 6. The second kappa shape index (κ2) is 7.26. The van der Waals surface area contributed by atoms with Crippen LogP contribution in [0.15, 0.2) is 47.8 Å². The Morgan fingerprint density at radius 2 is 2.21 bits per heavy atom. The first kappa shape index (κ1) is 14.0. The van der Waals surface area contributed by atoms with Crippen LogP contribution in [0.1, 0.15) is 24.2 Å². The molecule has 0 aliphatic carbocycles. The van der Waals surface area contributed by atoms with Crippen molar-refractivity contribution in [2.24, 2.45) is 0 Å². The van der Waals surface area contributed by atoms with Crippen molar-refractivity contribution in [1.82, 2.24) is 15.3 Å². The molecular weight excluding hydrogens is 254 g/mol. The molecule has 1 N–H and O–H groups in total. The van der Waals surface area contributed by atoms with E-state index in [-0.39, 0.29) is 6.04 Å². The van der Waals surface area contributed by atoms with Crippen LogP contribution in [0, 0.1) is 6.92 Å². The van der Waals surface area contributed by atoms with Crippen LogP contribution in [0.2, 0.25) is 0 Å². The maximum atomic E-state index is 4.39. The average molecular weight is 273 g/mol. The molecule has 100 valence electrons. The summed E-state index contributed by atoms with van der Waals surface area (Å²) in [5.74, 6) is 0.954. The first-order valence-electron chi connectivity index (χ1n) is 6.48. The molecule has 2 aromatic rings. The third-order valence-electron chi connectivity index (χ3n) is 2.80. The molecule has 0 fully saturated rings. The maximum Gasteiger partial charge on any atom is 0.0764 e. The van der Waals surface area contributed by atoms with E-state index in [1.165, 1.54) is 10.5 Å². The first-order chi connectivity index (χ1) is 9.29. The molecule has 0 aliphatic heterocycles. The van der Waals surface area contributed by atoms with Crippen molar-refractivity contribution in [3.05, 3.63) is 54.1 Å². The number of nitrogens with one attached hydrogen (secondary N) is 1. The Labute approximate surface area is 118 Å². The van der Waals surface area contributed by atoms with Gasteiger partial charge in [0.15, 0.2) is 0 Å². The molecule has 0 saturated carbocycles. The summed E-state index contributed by atoms with van der Waals surface area (Å²) >= 11 is 1.85. The smallest absolute Gasteiger partial charge is 0.0764 e. The van der Waals surface area contributed by atoms with Crippen LogP contribution in [0.25, 0.3) is 0 Å². The zero-order valence-electron chi connectivity index (χ0n) is 11.3. The molecule has 19 heavy (non-hydrogen) atoms. The van der Waals surface area contributed by atoms with Gasteiger partial charge in [0, 0.05) is 29.2 Å². The normalized spacial score (nSPS) is 12.3. The topological polar surface area (TPSA) is 37.8 Å². The van der Waals surface area contributed by atoms with Crippen LogP contribution in [0.5, 0.6) is 0 Å². The molecule has 0 spiro atoms. The van der Waals surface area contributed by atoms with Crippen molar-refractivity contribution < 1.29 is 0 Å². The fourth-order valence-electron chi connectivity index (χ4n) is 1.87. The van der Waals surface area contributed by atoms with Gasteiger partial charge in [-0.25, -0.2) is 0 Å². The molecule has 0 radical (unpaired) electrons. The Hall–Kier alpha value is -1.39. The van der Waals surface area contributed by atoms with Gasteiger partial charge in [0.05, 0.1) is 11.7 Å². The lowest BCUT2D eigenvalue weighted by molar-refractivity contribution is 0.588. The largest absolute Gasteiger partial charge is 0.308 e. The van der Waals surface area contributed by atoms with Crippen LogP contribution < -0.4 is 5.32 Å². The molecule has 1 heterocycles. The summed E-state index contributed by atoms with van der Waals surface area (Å²) in [6.07, 6.45) is 5.29. The van der Waals surface area contributed by atoms with Crippen LogP contribution >= 0.6 is 11.8 Å². The standard InChI is InChI=1S/C15H19N3S/c1-3-17-15(14-10-16-7-8-18-14)11-19-13-6-4-5-12(2)9-13/h4-10,15,17H,3,11H2,1-2H3.